The number of carbonyl (C=O) groups is 2. The molecule has 1 heterocycles. The predicted octanol–water partition coefficient (Wildman–Crippen LogP) is 2.33. The summed E-state index contributed by atoms with van der Waals surface area (Å²) in [5.41, 5.74) is 0.769. The lowest BCUT2D eigenvalue weighted by Gasteiger charge is -2.37. The minimum Gasteiger partial charge on any atom is -0.481 e. The summed E-state index contributed by atoms with van der Waals surface area (Å²) in [4.78, 5) is 24.5. The standard InChI is InChI=1S/C13H14ClNO3/c1-15-11(16)6-5-10(13(17)18)12(15)8-3-2-4-9(14)7-8/h2-4,7,10,12H,5-6H2,1H3,(H,17,18)/t10-,12+/m1/s1. The maximum Gasteiger partial charge on any atom is 0.308 e. The van der Waals surface area contributed by atoms with Gasteiger partial charge in [0.05, 0.1) is 12.0 Å². The first-order chi connectivity index (χ1) is 8.50. The Morgan fingerprint density at radius 2 is 2.22 bits per heavy atom. The Kier molecular flexibility index (Phi) is 3.57. The molecule has 1 aromatic rings. The van der Waals surface area contributed by atoms with Crippen molar-refractivity contribution in [2.45, 2.75) is 18.9 Å². The van der Waals surface area contributed by atoms with E-state index in [4.69, 9.17) is 11.6 Å². The van der Waals surface area contributed by atoms with Gasteiger partial charge in [-0.3, -0.25) is 9.59 Å². The van der Waals surface area contributed by atoms with Crippen LogP contribution >= 0.6 is 11.6 Å². The molecule has 4 nitrogen and oxygen atoms in total. The lowest BCUT2D eigenvalue weighted by molar-refractivity contribution is -0.150. The highest BCUT2D eigenvalue weighted by molar-refractivity contribution is 6.30. The Morgan fingerprint density at radius 1 is 1.50 bits per heavy atom. The number of carboxylic acid groups (broad SMARTS) is 1. The van der Waals surface area contributed by atoms with E-state index in [2.05, 4.69) is 0 Å². The molecule has 0 aromatic heterocycles. The molecular weight excluding hydrogens is 254 g/mol. The van der Waals surface area contributed by atoms with Crippen molar-refractivity contribution in [2.24, 2.45) is 5.92 Å². The predicted molar refractivity (Wildman–Crippen MR) is 67.3 cm³/mol. The average Bonchev–Trinajstić information content (AvgIpc) is 2.32. The lowest BCUT2D eigenvalue weighted by atomic mass is 9.85. The van der Waals surface area contributed by atoms with Crippen molar-refractivity contribution in [3.8, 4) is 0 Å². The van der Waals surface area contributed by atoms with Gasteiger partial charge in [0.15, 0.2) is 0 Å². The number of nitrogens with zero attached hydrogens (tertiary/aromatic N) is 1. The summed E-state index contributed by atoms with van der Waals surface area (Å²) in [6.07, 6.45) is 0.653. The second kappa shape index (κ2) is 4.98. The first-order valence-electron chi connectivity index (χ1n) is 5.74. The number of rotatable bonds is 2. The van der Waals surface area contributed by atoms with Gasteiger partial charge in [-0.05, 0) is 24.1 Å². The van der Waals surface area contributed by atoms with Crippen LogP contribution in [0.15, 0.2) is 24.3 Å². The highest BCUT2D eigenvalue weighted by Crippen LogP contribution is 2.36. The summed E-state index contributed by atoms with van der Waals surface area (Å²) in [5.74, 6) is -1.48. The zero-order valence-electron chi connectivity index (χ0n) is 9.97. The first-order valence-corrected chi connectivity index (χ1v) is 6.12. The number of benzene rings is 1. The van der Waals surface area contributed by atoms with E-state index in [-0.39, 0.29) is 12.3 Å². The first kappa shape index (κ1) is 12.9. The molecule has 5 heteroatoms. The molecule has 1 fully saturated rings. The molecule has 1 N–H and O–H groups in total. The van der Waals surface area contributed by atoms with Crippen LogP contribution in [0.2, 0.25) is 5.02 Å². The van der Waals surface area contributed by atoms with Crippen LogP contribution in [0.3, 0.4) is 0 Å². The highest BCUT2D eigenvalue weighted by atomic mass is 35.5. The molecule has 0 saturated carbocycles. The summed E-state index contributed by atoms with van der Waals surface area (Å²) < 4.78 is 0. The summed E-state index contributed by atoms with van der Waals surface area (Å²) >= 11 is 5.92. The molecule has 2 atom stereocenters. The Balaban J connectivity index is 2.41. The summed E-state index contributed by atoms with van der Waals surface area (Å²) in [5, 5.41) is 9.82. The van der Waals surface area contributed by atoms with E-state index in [0.717, 1.165) is 5.56 Å². The molecule has 1 aromatic carbocycles. The van der Waals surface area contributed by atoms with Crippen molar-refractivity contribution in [3.63, 3.8) is 0 Å². The number of hydrogen-bond donors (Lipinski definition) is 1. The number of carbonyl (C=O) groups excluding carboxylic acids is 1. The molecule has 1 amide bonds. The lowest BCUT2D eigenvalue weighted by Crippen LogP contribution is -2.42. The van der Waals surface area contributed by atoms with Crippen LogP contribution < -0.4 is 0 Å². The summed E-state index contributed by atoms with van der Waals surface area (Å²) in [7, 11) is 1.64. The quantitative estimate of drug-likeness (QED) is 0.895. The van der Waals surface area contributed by atoms with Crippen molar-refractivity contribution in [1.82, 2.24) is 4.90 Å². The van der Waals surface area contributed by atoms with Crippen molar-refractivity contribution >= 4 is 23.5 Å². The monoisotopic (exact) mass is 267 g/mol. The van der Waals surface area contributed by atoms with Gasteiger partial charge in [0.25, 0.3) is 0 Å². The van der Waals surface area contributed by atoms with Crippen molar-refractivity contribution in [3.05, 3.63) is 34.9 Å². The van der Waals surface area contributed by atoms with Crippen molar-refractivity contribution < 1.29 is 14.7 Å². The molecule has 1 aliphatic rings. The zero-order chi connectivity index (χ0) is 13.3. The summed E-state index contributed by atoms with van der Waals surface area (Å²) in [6, 6.07) is 6.58. The smallest absolute Gasteiger partial charge is 0.308 e. The molecule has 0 radical (unpaired) electrons. The van der Waals surface area contributed by atoms with Gasteiger partial charge in [0, 0.05) is 18.5 Å². The number of aliphatic carboxylic acids is 1. The fourth-order valence-electron chi connectivity index (χ4n) is 2.44. The second-order valence-electron chi connectivity index (χ2n) is 4.49. The summed E-state index contributed by atoms with van der Waals surface area (Å²) in [6.45, 7) is 0. The maximum atomic E-state index is 11.7. The molecule has 0 spiro atoms. The van der Waals surface area contributed by atoms with Gasteiger partial charge in [-0.1, -0.05) is 23.7 Å². The minimum absolute atomic E-state index is 0.0301. The van der Waals surface area contributed by atoms with Crippen LogP contribution in [-0.4, -0.2) is 28.9 Å². The van der Waals surface area contributed by atoms with Crippen LogP contribution in [0.1, 0.15) is 24.4 Å². The van der Waals surface area contributed by atoms with Gasteiger partial charge < -0.3 is 10.0 Å². The normalized spacial score (nSPS) is 24.1. The number of carboxylic acids is 1. The molecule has 0 bridgehead atoms. The molecule has 0 aliphatic carbocycles. The largest absolute Gasteiger partial charge is 0.481 e. The third-order valence-corrected chi connectivity index (χ3v) is 3.60. The van der Waals surface area contributed by atoms with Crippen LogP contribution in [0.25, 0.3) is 0 Å². The van der Waals surface area contributed by atoms with Crippen molar-refractivity contribution in [2.75, 3.05) is 7.05 Å². The van der Waals surface area contributed by atoms with E-state index in [1.165, 1.54) is 4.90 Å². The topological polar surface area (TPSA) is 57.6 Å². The van der Waals surface area contributed by atoms with Crippen LogP contribution in [0.5, 0.6) is 0 Å². The van der Waals surface area contributed by atoms with Crippen molar-refractivity contribution in [1.29, 1.82) is 0 Å². The van der Waals surface area contributed by atoms with E-state index in [1.54, 1.807) is 25.2 Å². The Hall–Kier alpha value is -1.55. The molecular formula is C13H14ClNO3. The van der Waals surface area contributed by atoms with E-state index in [9.17, 15) is 14.7 Å². The van der Waals surface area contributed by atoms with Gasteiger partial charge in [0.1, 0.15) is 0 Å². The Morgan fingerprint density at radius 3 is 2.83 bits per heavy atom. The van der Waals surface area contributed by atoms with Gasteiger partial charge in [-0.25, -0.2) is 0 Å². The fraction of sp³-hybridized carbons (Fsp3) is 0.385. The van der Waals surface area contributed by atoms with Crippen LogP contribution in [0, 0.1) is 5.92 Å². The van der Waals surface area contributed by atoms with E-state index in [0.29, 0.717) is 11.4 Å². The molecule has 1 saturated heterocycles. The third kappa shape index (κ3) is 2.34. The molecule has 0 unspecified atom stereocenters. The van der Waals surface area contributed by atoms with Gasteiger partial charge in [-0.2, -0.15) is 0 Å². The van der Waals surface area contributed by atoms with E-state index in [1.807, 2.05) is 6.07 Å². The highest BCUT2D eigenvalue weighted by Gasteiger charge is 2.38. The Labute approximate surface area is 110 Å². The molecule has 2 rings (SSSR count). The Bertz CT molecular complexity index is 489. The van der Waals surface area contributed by atoms with Gasteiger partial charge >= 0.3 is 5.97 Å². The zero-order valence-corrected chi connectivity index (χ0v) is 10.7. The maximum absolute atomic E-state index is 11.7. The molecule has 1 aliphatic heterocycles. The van der Waals surface area contributed by atoms with Gasteiger partial charge in [-0.15, -0.1) is 0 Å². The number of likely N-dealkylation sites (tertiary alicyclic amines) is 1. The average molecular weight is 268 g/mol. The van der Waals surface area contributed by atoms with E-state index >= 15 is 0 Å². The number of hydrogen-bond acceptors (Lipinski definition) is 2. The van der Waals surface area contributed by atoms with Crippen LogP contribution in [0.4, 0.5) is 0 Å². The van der Waals surface area contributed by atoms with E-state index < -0.39 is 17.9 Å². The number of piperidine rings is 1. The molecule has 96 valence electrons. The van der Waals surface area contributed by atoms with Gasteiger partial charge in [0.2, 0.25) is 5.91 Å². The molecule has 18 heavy (non-hydrogen) atoms. The van der Waals surface area contributed by atoms with Crippen LogP contribution in [-0.2, 0) is 9.59 Å². The second-order valence-corrected chi connectivity index (χ2v) is 4.92. The number of halogens is 1. The fourth-order valence-corrected chi connectivity index (χ4v) is 2.64. The SMILES string of the molecule is CN1C(=O)CC[C@@H](C(=O)O)[C@@H]1c1cccc(Cl)c1. The third-order valence-electron chi connectivity index (χ3n) is 3.37. The minimum atomic E-state index is -0.876. The number of amides is 1.